The molecule has 2 aromatic rings. The maximum atomic E-state index is 12.2. The topological polar surface area (TPSA) is 102 Å². The van der Waals surface area contributed by atoms with Crippen LogP contribution in [0.4, 0.5) is 10.5 Å². The van der Waals surface area contributed by atoms with Crippen LogP contribution in [0.3, 0.4) is 0 Å². The summed E-state index contributed by atoms with van der Waals surface area (Å²) in [5.41, 5.74) is 1.40. The van der Waals surface area contributed by atoms with Gasteiger partial charge < -0.3 is 15.0 Å². The third-order valence-corrected chi connectivity index (χ3v) is 4.26. The van der Waals surface area contributed by atoms with Gasteiger partial charge in [-0.3, -0.25) is 0 Å². The first-order valence-electron chi connectivity index (χ1n) is 7.07. The van der Waals surface area contributed by atoms with Crippen molar-refractivity contribution in [2.45, 2.75) is 11.4 Å². The van der Waals surface area contributed by atoms with Gasteiger partial charge in [0.05, 0.1) is 12.0 Å². The van der Waals surface area contributed by atoms with Crippen molar-refractivity contribution in [3.8, 4) is 5.75 Å². The zero-order valence-electron chi connectivity index (χ0n) is 13.4. The van der Waals surface area contributed by atoms with Crippen LogP contribution in [0.5, 0.6) is 5.75 Å². The Labute approximate surface area is 141 Å². The Morgan fingerprint density at radius 2 is 1.88 bits per heavy atom. The van der Waals surface area contributed by atoms with Gasteiger partial charge in [0, 0.05) is 19.3 Å². The largest absolute Gasteiger partial charge is 0.497 e. The molecule has 0 saturated carbocycles. The predicted molar refractivity (Wildman–Crippen MR) is 91.3 cm³/mol. The number of primary sulfonamides is 1. The summed E-state index contributed by atoms with van der Waals surface area (Å²) in [6, 6.07) is 12.8. The van der Waals surface area contributed by atoms with Crippen molar-refractivity contribution >= 4 is 21.7 Å². The molecule has 2 rings (SSSR count). The molecule has 3 N–H and O–H groups in total. The van der Waals surface area contributed by atoms with E-state index in [4.69, 9.17) is 9.88 Å². The van der Waals surface area contributed by atoms with E-state index in [1.54, 1.807) is 14.2 Å². The zero-order valence-corrected chi connectivity index (χ0v) is 14.2. The number of amides is 2. The van der Waals surface area contributed by atoms with E-state index in [1.165, 1.54) is 29.2 Å². The number of carbonyl (C=O) groups excluding carboxylic acids is 1. The van der Waals surface area contributed by atoms with Crippen LogP contribution in [0, 0.1) is 0 Å². The molecule has 24 heavy (non-hydrogen) atoms. The monoisotopic (exact) mass is 349 g/mol. The quantitative estimate of drug-likeness (QED) is 0.862. The molecule has 0 atom stereocenters. The normalized spacial score (nSPS) is 11.0. The summed E-state index contributed by atoms with van der Waals surface area (Å²) >= 11 is 0. The molecule has 8 heteroatoms. The van der Waals surface area contributed by atoms with Gasteiger partial charge in [0.25, 0.3) is 0 Å². The number of rotatable bonds is 5. The van der Waals surface area contributed by atoms with Gasteiger partial charge in [-0.1, -0.05) is 12.1 Å². The number of nitrogens with zero attached hydrogens (tertiary/aromatic N) is 1. The number of nitrogens with one attached hydrogen (secondary N) is 1. The Morgan fingerprint density at radius 1 is 1.21 bits per heavy atom. The fourth-order valence-electron chi connectivity index (χ4n) is 2.06. The van der Waals surface area contributed by atoms with Crippen LogP contribution in [0.1, 0.15) is 5.56 Å². The Balaban J connectivity index is 2.00. The van der Waals surface area contributed by atoms with Gasteiger partial charge in [0.2, 0.25) is 10.0 Å². The standard InChI is InChI=1S/C16H19N3O4S/c1-19(11-12-4-3-5-14(10-12)23-2)16(20)18-13-6-8-15(9-7-13)24(17,21)22/h3-10H,11H2,1-2H3,(H,18,20)(H2,17,21,22). The van der Waals surface area contributed by atoms with Gasteiger partial charge >= 0.3 is 6.03 Å². The number of ether oxygens (including phenoxy) is 1. The van der Waals surface area contributed by atoms with Crippen molar-refractivity contribution in [1.29, 1.82) is 0 Å². The van der Waals surface area contributed by atoms with Crippen molar-refractivity contribution in [2.75, 3.05) is 19.5 Å². The summed E-state index contributed by atoms with van der Waals surface area (Å²) < 4.78 is 27.6. The van der Waals surface area contributed by atoms with Crippen LogP contribution in [0.25, 0.3) is 0 Å². The first kappa shape index (κ1) is 17.8. The molecule has 0 heterocycles. The number of hydrogen-bond acceptors (Lipinski definition) is 4. The number of urea groups is 1. The molecule has 0 radical (unpaired) electrons. The summed E-state index contributed by atoms with van der Waals surface area (Å²) in [4.78, 5) is 13.7. The number of benzene rings is 2. The highest BCUT2D eigenvalue weighted by Gasteiger charge is 2.11. The fourth-order valence-corrected chi connectivity index (χ4v) is 2.58. The maximum absolute atomic E-state index is 12.2. The van der Waals surface area contributed by atoms with Gasteiger partial charge in [-0.2, -0.15) is 0 Å². The van der Waals surface area contributed by atoms with Crippen LogP contribution in [-0.4, -0.2) is 33.5 Å². The van der Waals surface area contributed by atoms with Crippen LogP contribution in [-0.2, 0) is 16.6 Å². The van der Waals surface area contributed by atoms with E-state index in [2.05, 4.69) is 5.32 Å². The second kappa shape index (κ2) is 7.33. The Kier molecular flexibility index (Phi) is 5.42. The van der Waals surface area contributed by atoms with Crippen molar-refractivity contribution < 1.29 is 17.9 Å². The molecule has 0 bridgehead atoms. The lowest BCUT2D eigenvalue weighted by molar-refractivity contribution is 0.220. The highest BCUT2D eigenvalue weighted by atomic mass is 32.2. The van der Waals surface area contributed by atoms with E-state index in [9.17, 15) is 13.2 Å². The van der Waals surface area contributed by atoms with E-state index < -0.39 is 10.0 Å². The van der Waals surface area contributed by atoms with Crippen molar-refractivity contribution in [3.63, 3.8) is 0 Å². The predicted octanol–water partition coefficient (Wildman–Crippen LogP) is 2.01. The van der Waals surface area contributed by atoms with E-state index in [0.717, 1.165) is 11.3 Å². The molecule has 0 aliphatic carbocycles. The summed E-state index contributed by atoms with van der Waals surface area (Å²) in [5, 5.41) is 7.72. The molecule has 128 valence electrons. The first-order chi connectivity index (χ1) is 11.3. The summed E-state index contributed by atoms with van der Waals surface area (Å²) in [7, 11) is -0.502. The molecule has 0 saturated heterocycles. The van der Waals surface area contributed by atoms with Crippen LogP contribution < -0.4 is 15.2 Å². The number of sulfonamides is 1. The van der Waals surface area contributed by atoms with Crippen molar-refractivity contribution in [3.05, 3.63) is 54.1 Å². The van der Waals surface area contributed by atoms with Crippen LogP contribution in [0.15, 0.2) is 53.4 Å². The van der Waals surface area contributed by atoms with Crippen molar-refractivity contribution in [2.24, 2.45) is 5.14 Å². The van der Waals surface area contributed by atoms with Gasteiger partial charge in [0.1, 0.15) is 5.75 Å². The van der Waals surface area contributed by atoms with Crippen LogP contribution in [0.2, 0.25) is 0 Å². The number of carbonyl (C=O) groups is 1. The highest BCUT2D eigenvalue weighted by Crippen LogP contribution is 2.16. The summed E-state index contributed by atoms with van der Waals surface area (Å²) in [5.74, 6) is 0.722. The molecule has 0 aliphatic heterocycles. The lowest BCUT2D eigenvalue weighted by Gasteiger charge is -2.18. The zero-order chi connectivity index (χ0) is 17.7. The van der Waals surface area contributed by atoms with Gasteiger partial charge in [0.15, 0.2) is 0 Å². The third-order valence-electron chi connectivity index (χ3n) is 3.33. The molecule has 0 spiro atoms. The number of methoxy groups -OCH3 is 1. The molecule has 0 fully saturated rings. The smallest absolute Gasteiger partial charge is 0.321 e. The number of anilines is 1. The summed E-state index contributed by atoms with van der Waals surface area (Å²) in [6.45, 7) is 0.401. The van der Waals surface area contributed by atoms with Gasteiger partial charge in [-0.05, 0) is 42.0 Å². The minimum Gasteiger partial charge on any atom is -0.497 e. The minimum absolute atomic E-state index is 0.00904. The Morgan fingerprint density at radius 3 is 2.46 bits per heavy atom. The maximum Gasteiger partial charge on any atom is 0.321 e. The average Bonchev–Trinajstić information content (AvgIpc) is 2.54. The molecule has 2 amide bonds. The second-order valence-corrected chi connectivity index (χ2v) is 6.77. The second-order valence-electron chi connectivity index (χ2n) is 5.21. The lowest BCUT2D eigenvalue weighted by atomic mass is 10.2. The third kappa shape index (κ3) is 4.71. The number of nitrogens with two attached hydrogens (primary N) is 1. The minimum atomic E-state index is -3.75. The SMILES string of the molecule is COc1cccc(CN(C)C(=O)Nc2ccc(S(N)(=O)=O)cc2)c1. The summed E-state index contributed by atoms with van der Waals surface area (Å²) in [6.07, 6.45) is 0. The Hall–Kier alpha value is -2.58. The van der Waals surface area contributed by atoms with E-state index in [1.807, 2.05) is 24.3 Å². The number of hydrogen-bond donors (Lipinski definition) is 2. The highest BCUT2D eigenvalue weighted by molar-refractivity contribution is 7.89. The van der Waals surface area contributed by atoms with E-state index in [-0.39, 0.29) is 10.9 Å². The molecule has 0 aromatic heterocycles. The molecule has 0 aliphatic rings. The van der Waals surface area contributed by atoms with Gasteiger partial charge in [-0.15, -0.1) is 0 Å². The van der Waals surface area contributed by atoms with Crippen molar-refractivity contribution in [1.82, 2.24) is 4.90 Å². The van der Waals surface area contributed by atoms with E-state index in [0.29, 0.717) is 12.2 Å². The molecular weight excluding hydrogens is 330 g/mol. The average molecular weight is 349 g/mol. The first-order valence-corrected chi connectivity index (χ1v) is 8.62. The van der Waals surface area contributed by atoms with E-state index >= 15 is 0 Å². The van der Waals surface area contributed by atoms with Crippen LogP contribution >= 0.6 is 0 Å². The molecular formula is C16H19N3O4S. The lowest BCUT2D eigenvalue weighted by Crippen LogP contribution is -2.30. The van der Waals surface area contributed by atoms with Gasteiger partial charge in [-0.25, -0.2) is 18.4 Å². The molecule has 7 nitrogen and oxygen atoms in total. The Bertz CT molecular complexity index is 819. The molecule has 2 aromatic carbocycles. The molecule has 0 unspecified atom stereocenters. The fraction of sp³-hybridized carbons (Fsp3) is 0.188.